The van der Waals surface area contributed by atoms with Crippen molar-refractivity contribution >= 4 is 27.3 Å². The van der Waals surface area contributed by atoms with Crippen molar-refractivity contribution in [1.29, 1.82) is 0 Å². The molecule has 4 rings (SSSR count). The van der Waals surface area contributed by atoms with Crippen LogP contribution in [0.3, 0.4) is 0 Å². The summed E-state index contributed by atoms with van der Waals surface area (Å²) in [7, 11) is 3.26. The van der Waals surface area contributed by atoms with Crippen molar-refractivity contribution in [2.24, 2.45) is 0 Å². The van der Waals surface area contributed by atoms with Crippen molar-refractivity contribution < 1.29 is 17.9 Å². The molecule has 3 aromatic carbocycles. The van der Waals surface area contributed by atoms with Crippen molar-refractivity contribution in [2.45, 2.75) is 36.6 Å². The number of para-hydroxylation sites is 1. The average molecular weight is 508 g/mol. The van der Waals surface area contributed by atoms with Gasteiger partial charge in [-0.3, -0.25) is 9.52 Å². The van der Waals surface area contributed by atoms with E-state index in [1.54, 1.807) is 41.2 Å². The fourth-order valence-corrected chi connectivity index (χ4v) is 6.09. The Kier molecular flexibility index (Phi) is 7.54. The highest BCUT2D eigenvalue weighted by atomic mass is 32.2. The molecule has 3 aromatic rings. The third kappa shape index (κ3) is 5.49. The van der Waals surface area contributed by atoms with Crippen LogP contribution in [0.25, 0.3) is 0 Å². The molecule has 36 heavy (non-hydrogen) atoms. The number of hydrogen-bond acceptors (Lipinski definition) is 5. The van der Waals surface area contributed by atoms with Gasteiger partial charge >= 0.3 is 0 Å². The number of sulfonamides is 1. The maximum absolute atomic E-state index is 13.3. The number of rotatable bonds is 8. The van der Waals surface area contributed by atoms with Crippen LogP contribution in [-0.4, -0.2) is 47.5 Å². The number of fused-ring (bicyclic) bond motifs is 1. The van der Waals surface area contributed by atoms with Gasteiger partial charge in [0.25, 0.3) is 10.0 Å². The number of benzene rings is 3. The number of aryl methyl sites for hydroxylation is 1. The molecule has 0 heterocycles. The van der Waals surface area contributed by atoms with E-state index in [1.165, 1.54) is 0 Å². The second-order valence-corrected chi connectivity index (χ2v) is 11.0. The van der Waals surface area contributed by atoms with Crippen LogP contribution in [0, 0.1) is 0 Å². The van der Waals surface area contributed by atoms with Gasteiger partial charge in [-0.2, -0.15) is 0 Å². The number of methoxy groups -OCH3 is 1. The lowest BCUT2D eigenvalue weighted by atomic mass is 9.86. The molecule has 1 atom stereocenters. The Morgan fingerprint density at radius 2 is 1.81 bits per heavy atom. The molecule has 8 heteroatoms. The Hall–Kier alpha value is -3.52. The minimum atomic E-state index is -3.80. The summed E-state index contributed by atoms with van der Waals surface area (Å²) in [5.74, 6) is 0.728. The van der Waals surface area contributed by atoms with Crippen molar-refractivity contribution in [1.82, 2.24) is 4.90 Å². The summed E-state index contributed by atoms with van der Waals surface area (Å²) in [5.41, 5.74) is 4.13. The van der Waals surface area contributed by atoms with E-state index in [1.807, 2.05) is 63.6 Å². The molecule has 0 radical (unpaired) electrons. The quantitative estimate of drug-likeness (QED) is 0.481. The van der Waals surface area contributed by atoms with E-state index in [2.05, 4.69) is 4.72 Å². The number of carbonyl (C=O) groups excluding carboxylic acids is 1. The van der Waals surface area contributed by atoms with Crippen LogP contribution in [-0.2, 0) is 27.7 Å². The normalized spacial score (nSPS) is 15.1. The van der Waals surface area contributed by atoms with Gasteiger partial charge in [0.05, 0.1) is 25.3 Å². The largest absolute Gasteiger partial charge is 0.497 e. The smallest absolute Gasteiger partial charge is 0.263 e. The van der Waals surface area contributed by atoms with Gasteiger partial charge in [-0.25, -0.2) is 8.42 Å². The third-order valence-electron chi connectivity index (χ3n) is 6.67. The number of amides is 1. The Morgan fingerprint density at radius 3 is 2.56 bits per heavy atom. The first kappa shape index (κ1) is 25.6. The Bertz CT molecular complexity index is 1350. The highest BCUT2D eigenvalue weighted by molar-refractivity contribution is 7.92. The molecule has 0 spiro atoms. The van der Waals surface area contributed by atoms with Gasteiger partial charge < -0.3 is 14.5 Å². The molecule has 0 saturated heterocycles. The maximum atomic E-state index is 13.3. The molecule has 0 fully saturated rings. The zero-order chi connectivity index (χ0) is 25.9. The van der Waals surface area contributed by atoms with Crippen LogP contribution in [0.5, 0.6) is 5.75 Å². The van der Waals surface area contributed by atoms with Gasteiger partial charge in [-0.15, -0.1) is 0 Å². The van der Waals surface area contributed by atoms with E-state index in [0.29, 0.717) is 11.4 Å². The molecule has 1 aliphatic carbocycles. The van der Waals surface area contributed by atoms with Crippen molar-refractivity contribution in [3.05, 3.63) is 83.4 Å². The van der Waals surface area contributed by atoms with E-state index in [-0.39, 0.29) is 23.3 Å². The molecule has 0 aromatic heterocycles. The number of nitrogens with zero attached hydrogens (tertiary/aromatic N) is 2. The van der Waals surface area contributed by atoms with E-state index in [9.17, 15) is 13.2 Å². The first-order chi connectivity index (χ1) is 17.2. The fraction of sp³-hybridized carbons (Fsp3) is 0.321. The van der Waals surface area contributed by atoms with Crippen LogP contribution in [0.1, 0.15) is 35.6 Å². The van der Waals surface area contributed by atoms with Gasteiger partial charge in [0.2, 0.25) is 5.91 Å². The van der Waals surface area contributed by atoms with Crippen molar-refractivity contribution in [2.75, 3.05) is 37.9 Å². The Labute approximate surface area is 213 Å². The summed E-state index contributed by atoms with van der Waals surface area (Å²) in [4.78, 5) is 17.0. The molecule has 1 amide bonds. The molecular weight excluding hydrogens is 474 g/mol. The zero-order valence-electron chi connectivity index (χ0n) is 21.2. The minimum Gasteiger partial charge on any atom is -0.497 e. The lowest BCUT2D eigenvalue weighted by molar-refractivity contribution is -0.131. The van der Waals surface area contributed by atoms with E-state index >= 15 is 0 Å². The summed E-state index contributed by atoms with van der Waals surface area (Å²) >= 11 is 0. The van der Waals surface area contributed by atoms with Crippen LogP contribution in [0.4, 0.5) is 11.4 Å². The highest BCUT2D eigenvalue weighted by Crippen LogP contribution is 2.36. The topological polar surface area (TPSA) is 79.0 Å². The van der Waals surface area contributed by atoms with Gasteiger partial charge in [0, 0.05) is 26.8 Å². The molecule has 190 valence electrons. The maximum Gasteiger partial charge on any atom is 0.263 e. The summed E-state index contributed by atoms with van der Waals surface area (Å²) in [6.45, 7) is 0. The van der Waals surface area contributed by atoms with Crippen LogP contribution >= 0.6 is 0 Å². The third-order valence-corrected chi connectivity index (χ3v) is 8.10. The van der Waals surface area contributed by atoms with E-state index < -0.39 is 10.0 Å². The summed E-state index contributed by atoms with van der Waals surface area (Å²) in [5, 5.41) is 0. The number of anilines is 2. The molecule has 0 aliphatic heterocycles. The second kappa shape index (κ2) is 10.6. The summed E-state index contributed by atoms with van der Waals surface area (Å²) in [6, 6.07) is 20.0. The summed E-state index contributed by atoms with van der Waals surface area (Å²) in [6.07, 6.45) is 2.97. The van der Waals surface area contributed by atoms with E-state index in [0.717, 1.165) is 41.7 Å². The SMILES string of the molecule is COc1cccc(CC(=O)N(C)C2CCCc3ccc(NS(=O)(=O)c4ccccc4N(C)C)cc32)c1. The van der Waals surface area contributed by atoms with Crippen molar-refractivity contribution in [3.63, 3.8) is 0 Å². The predicted octanol–water partition coefficient (Wildman–Crippen LogP) is 4.64. The number of carbonyl (C=O) groups is 1. The number of likely N-dealkylation sites (N-methyl/N-ethyl adjacent to an activating group) is 1. The molecule has 1 aliphatic rings. The standard InChI is InChI=1S/C28H33N3O4S/c1-30(2)26-12-5-6-14-27(26)36(33,34)29-22-16-15-21-10-8-13-25(24(21)19-22)31(3)28(32)18-20-9-7-11-23(17-20)35-4/h5-7,9,11-12,14-17,19,25,29H,8,10,13,18H2,1-4H3. The molecule has 1 N–H and O–H groups in total. The van der Waals surface area contributed by atoms with Gasteiger partial charge in [-0.05, 0) is 72.4 Å². The lowest BCUT2D eigenvalue weighted by Crippen LogP contribution is -2.34. The molecule has 0 saturated carbocycles. The predicted molar refractivity (Wildman–Crippen MR) is 143 cm³/mol. The van der Waals surface area contributed by atoms with Crippen LogP contribution in [0.15, 0.2) is 71.6 Å². The minimum absolute atomic E-state index is 0.00648. The van der Waals surface area contributed by atoms with Crippen LogP contribution < -0.4 is 14.4 Å². The van der Waals surface area contributed by atoms with Crippen molar-refractivity contribution in [3.8, 4) is 5.75 Å². The van der Waals surface area contributed by atoms with E-state index in [4.69, 9.17) is 4.74 Å². The molecule has 1 unspecified atom stereocenters. The second-order valence-electron chi connectivity index (χ2n) is 9.32. The summed E-state index contributed by atoms with van der Waals surface area (Å²) < 4.78 is 34.6. The average Bonchev–Trinajstić information content (AvgIpc) is 2.87. The van der Waals surface area contributed by atoms with Gasteiger partial charge in [0.15, 0.2) is 0 Å². The molecule has 0 bridgehead atoms. The van der Waals surface area contributed by atoms with Gasteiger partial charge in [0.1, 0.15) is 10.6 Å². The number of nitrogens with one attached hydrogen (secondary N) is 1. The first-order valence-corrected chi connectivity index (χ1v) is 13.5. The zero-order valence-corrected chi connectivity index (χ0v) is 22.0. The molecular formula is C28H33N3O4S. The highest BCUT2D eigenvalue weighted by Gasteiger charge is 2.28. The molecule has 7 nitrogen and oxygen atoms in total. The lowest BCUT2D eigenvalue weighted by Gasteiger charge is -2.34. The van der Waals surface area contributed by atoms with Crippen LogP contribution in [0.2, 0.25) is 0 Å². The fourth-order valence-electron chi connectivity index (χ4n) is 4.76. The number of ether oxygens (including phenoxy) is 1. The Morgan fingerprint density at radius 1 is 1.03 bits per heavy atom. The number of hydrogen-bond donors (Lipinski definition) is 1. The monoisotopic (exact) mass is 507 g/mol. The van der Waals surface area contributed by atoms with Gasteiger partial charge in [-0.1, -0.05) is 30.3 Å². The first-order valence-electron chi connectivity index (χ1n) is 12.0. The Balaban J connectivity index is 1.58.